The van der Waals surface area contributed by atoms with Gasteiger partial charge in [0.15, 0.2) is 6.61 Å². The van der Waals surface area contributed by atoms with Gasteiger partial charge in [-0.15, -0.1) is 0 Å². The van der Waals surface area contributed by atoms with Crippen molar-refractivity contribution in [3.8, 4) is 11.5 Å². The molecule has 0 radical (unpaired) electrons. The van der Waals surface area contributed by atoms with E-state index in [1.807, 2.05) is 19.9 Å². The fourth-order valence-corrected chi connectivity index (χ4v) is 2.29. The van der Waals surface area contributed by atoms with Crippen LogP contribution in [0.25, 0.3) is 0 Å². The highest BCUT2D eigenvalue weighted by molar-refractivity contribution is 6.02. The van der Waals surface area contributed by atoms with Gasteiger partial charge in [0.1, 0.15) is 11.5 Å². The summed E-state index contributed by atoms with van der Waals surface area (Å²) < 4.78 is 15.5. The molecule has 0 unspecified atom stereocenters. The number of carbonyl (C=O) groups excluding carboxylic acids is 2. The maximum Gasteiger partial charge on any atom is 0.338 e. The van der Waals surface area contributed by atoms with Crippen LogP contribution >= 0.6 is 0 Å². The van der Waals surface area contributed by atoms with Crippen molar-refractivity contribution in [1.29, 1.82) is 0 Å². The van der Waals surface area contributed by atoms with Gasteiger partial charge in [0, 0.05) is 0 Å². The molecule has 2 aromatic rings. The number of hydrogen-bond donors (Lipinski definition) is 0. The number of esters is 1. The Morgan fingerprint density at radius 3 is 2.38 bits per heavy atom. The topological polar surface area (TPSA) is 61.8 Å². The molecule has 0 atom stereocenters. The number of ether oxygens (including phenoxy) is 3. The van der Waals surface area contributed by atoms with Crippen LogP contribution in [0.2, 0.25) is 0 Å². The summed E-state index contributed by atoms with van der Waals surface area (Å²) in [5, 5.41) is 0. The Balaban J connectivity index is 2.13. The van der Waals surface area contributed by atoms with E-state index in [2.05, 4.69) is 0 Å². The average Bonchev–Trinajstić information content (AvgIpc) is 2.61. The van der Waals surface area contributed by atoms with E-state index in [9.17, 15) is 9.59 Å². The summed E-state index contributed by atoms with van der Waals surface area (Å²) in [5.74, 6) is 0.0550. The highest BCUT2D eigenvalue weighted by Gasteiger charge is 2.17. The third-order valence-electron chi connectivity index (χ3n) is 3.87. The number of methoxy groups -OCH3 is 2. The summed E-state index contributed by atoms with van der Waals surface area (Å²) in [6, 6.07) is 10.3. The Hall–Kier alpha value is -2.82. The van der Waals surface area contributed by atoms with E-state index in [1.165, 1.54) is 14.2 Å². The number of carbonyl (C=O) groups is 2. The van der Waals surface area contributed by atoms with E-state index in [-0.39, 0.29) is 12.4 Å². The standard InChI is InChI=1S/C19H20O5/c1-12-6-5-7-15(13(12)2)19(21)24-11-17(20)16-10-14(22-3)8-9-18(16)23-4/h5-10H,11H2,1-4H3. The second-order valence-electron chi connectivity index (χ2n) is 5.31. The molecule has 0 heterocycles. The number of hydrogen-bond acceptors (Lipinski definition) is 5. The molecule has 24 heavy (non-hydrogen) atoms. The number of benzene rings is 2. The zero-order valence-corrected chi connectivity index (χ0v) is 14.2. The molecule has 2 rings (SSSR count). The highest BCUT2D eigenvalue weighted by atomic mass is 16.5. The molecule has 126 valence electrons. The van der Waals surface area contributed by atoms with Gasteiger partial charge in [0.25, 0.3) is 0 Å². The van der Waals surface area contributed by atoms with Crippen LogP contribution in [0.3, 0.4) is 0 Å². The zero-order valence-electron chi connectivity index (χ0n) is 14.2. The van der Waals surface area contributed by atoms with E-state index < -0.39 is 5.97 Å². The van der Waals surface area contributed by atoms with Gasteiger partial charge in [-0.2, -0.15) is 0 Å². The molecule has 2 aromatic carbocycles. The van der Waals surface area contributed by atoms with E-state index >= 15 is 0 Å². The Morgan fingerprint density at radius 1 is 0.958 bits per heavy atom. The molecule has 5 heteroatoms. The van der Waals surface area contributed by atoms with E-state index in [1.54, 1.807) is 30.3 Å². The lowest BCUT2D eigenvalue weighted by molar-refractivity contribution is 0.0473. The van der Waals surface area contributed by atoms with E-state index in [4.69, 9.17) is 14.2 Å². The predicted octanol–water partition coefficient (Wildman–Crippen LogP) is 3.36. The molecule has 0 N–H and O–H groups in total. The van der Waals surface area contributed by atoms with Crippen molar-refractivity contribution in [3.05, 3.63) is 58.7 Å². The molecule has 0 spiro atoms. The third kappa shape index (κ3) is 3.74. The van der Waals surface area contributed by atoms with Gasteiger partial charge in [-0.25, -0.2) is 4.79 Å². The molecule has 0 saturated carbocycles. The first kappa shape index (κ1) is 17.5. The Kier molecular flexibility index (Phi) is 5.58. The molecule has 0 aliphatic carbocycles. The van der Waals surface area contributed by atoms with Crippen molar-refractivity contribution in [2.45, 2.75) is 13.8 Å². The van der Waals surface area contributed by atoms with Gasteiger partial charge >= 0.3 is 5.97 Å². The predicted molar refractivity (Wildman–Crippen MR) is 90.1 cm³/mol. The minimum atomic E-state index is -0.522. The number of Topliss-reactive ketones (excluding diaryl/α,β-unsaturated/α-hetero) is 1. The largest absolute Gasteiger partial charge is 0.497 e. The van der Waals surface area contributed by atoms with Crippen molar-refractivity contribution in [3.63, 3.8) is 0 Å². The van der Waals surface area contributed by atoms with Gasteiger partial charge in [-0.1, -0.05) is 12.1 Å². The first-order chi connectivity index (χ1) is 11.5. The summed E-state index contributed by atoms with van der Waals surface area (Å²) in [6.07, 6.45) is 0. The first-order valence-corrected chi connectivity index (χ1v) is 7.46. The molecule has 0 aromatic heterocycles. The van der Waals surface area contributed by atoms with Gasteiger partial charge in [0.05, 0.1) is 25.3 Å². The van der Waals surface area contributed by atoms with E-state index in [0.717, 1.165) is 11.1 Å². The minimum absolute atomic E-state index is 0.311. The number of ketones is 1. The minimum Gasteiger partial charge on any atom is -0.497 e. The average molecular weight is 328 g/mol. The molecular weight excluding hydrogens is 308 g/mol. The Bertz CT molecular complexity index is 764. The van der Waals surface area contributed by atoms with Crippen molar-refractivity contribution in [1.82, 2.24) is 0 Å². The Labute approximate surface area is 141 Å². The number of rotatable bonds is 6. The van der Waals surface area contributed by atoms with Gasteiger partial charge in [0.2, 0.25) is 5.78 Å². The van der Waals surface area contributed by atoms with Gasteiger partial charge in [-0.05, 0) is 49.2 Å². The zero-order chi connectivity index (χ0) is 17.7. The van der Waals surface area contributed by atoms with Crippen molar-refractivity contribution < 1.29 is 23.8 Å². The molecule has 0 fully saturated rings. The van der Waals surface area contributed by atoms with Crippen LogP contribution in [0.1, 0.15) is 31.8 Å². The molecule has 0 bridgehead atoms. The molecular formula is C19H20O5. The van der Waals surface area contributed by atoms with Crippen molar-refractivity contribution in [2.75, 3.05) is 20.8 Å². The maximum atomic E-state index is 12.4. The van der Waals surface area contributed by atoms with Gasteiger partial charge < -0.3 is 14.2 Å². The fourth-order valence-electron chi connectivity index (χ4n) is 2.29. The lowest BCUT2D eigenvalue weighted by Crippen LogP contribution is -2.16. The van der Waals surface area contributed by atoms with Crippen LogP contribution in [0, 0.1) is 13.8 Å². The van der Waals surface area contributed by atoms with Crippen LogP contribution < -0.4 is 9.47 Å². The van der Waals surface area contributed by atoms with E-state index in [0.29, 0.717) is 22.6 Å². The molecule has 5 nitrogen and oxygen atoms in total. The molecule has 0 amide bonds. The molecule has 0 aliphatic rings. The smallest absolute Gasteiger partial charge is 0.338 e. The molecule has 0 aliphatic heterocycles. The van der Waals surface area contributed by atoms with Crippen LogP contribution in [-0.4, -0.2) is 32.6 Å². The second kappa shape index (κ2) is 7.64. The number of aryl methyl sites for hydroxylation is 1. The van der Waals surface area contributed by atoms with Crippen LogP contribution in [0.15, 0.2) is 36.4 Å². The lowest BCUT2D eigenvalue weighted by Gasteiger charge is -2.11. The Morgan fingerprint density at radius 2 is 1.71 bits per heavy atom. The second-order valence-corrected chi connectivity index (χ2v) is 5.31. The van der Waals surface area contributed by atoms with Crippen LogP contribution in [-0.2, 0) is 4.74 Å². The van der Waals surface area contributed by atoms with Crippen molar-refractivity contribution in [2.24, 2.45) is 0 Å². The SMILES string of the molecule is COc1ccc(OC)c(C(=O)COC(=O)c2cccc(C)c2C)c1. The summed E-state index contributed by atoms with van der Waals surface area (Å²) in [5.41, 5.74) is 2.60. The third-order valence-corrected chi connectivity index (χ3v) is 3.87. The monoisotopic (exact) mass is 328 g/mol. The fraction of sp³-hybridized carbons (Fsp3) is 0.263. The summed E-state index contributed by atoms with van der Waals surface area (Å²) >= 11 is 0. The molecule has 0 saturated heterocycles. The van der Waals surface area contributed by atoms with Gasteiger partial charge in [-0.3, -0.25) is 4.79 Å². The quantitative estimate of drug-likeness (QED) is 0.601. The first-order valence-electron chi connectivity index (χ1n) is 7.46. The summed E-state index contributed by atoms with van der Waals surface area (Å²) in [6.45, 7) is 3.40. The van der Waals surface area contributed by atoms with Crippen molar-refractivity contribution >= 4 is 11.8 Å². The lowest BCUT2D eigenvalue weighted by atomic mass is 10.0. The van der Waals surface area contributed by atoms with Crippen LogP contribution in [0.5, 0.6) is 11.5 Å². The normalized spacial score (nSPS) is 10.2. The maximum absolute atomic E-state index is 12.4. The summed E-state index contributed by atoms with van der Waals surface area (Å²) in [4.78, 5) is 24.6. The highest BCUT2D eigenvalue weighted by Crippen LogP contribution is 2.24. The summed E-state index contributed by atoms with van der Waals surface area (Å²) in [7, 11) is 2.98. The van der Waals surface area contributed by atoms with Crippen LogP contribution in [0.4, 0.5) is 0 Å².